The maximum absolute atomic E-state index is 2.44. The monoisotopic (exact) mass is 447 g/mol. The Morgan fingerprint density at radius 1 is 0.938 bits per heavy atom. The molecule has 0 bridgehead atoms. The van der Waals surface area contributed by atoms with E-state index >= 15 is 0 Å². The molecule has 1 aromatic heterocycles. The van der Waals surface area contributed by atoms with Crippen molar-refractivity contribution in [1.82, 2.24) is 4.90 Å². The molecular formula is C30H41NS. The lowest BCUT2D eigenvalue weighted by atomic mass is 9.82. The average Bonchev–Trinajstić information content (AvgIpc) is 3.21. The smallest absolute Gasteiger partial charge is 0.0240 e. The lowest BCUT2D eigenvalue weighted by molar-refractivity contribution is 0.298. The Kier molecular flexibility index (Phi) is 8.01. The van der Waals surface area contributed by atoms with E-state index in [1.54, 1.807) is 0 Å². The van der Waals surface area contributed by atoms with Gasteiger partial charge in [0.05, 0.1) is 0 Å². The normalized spacial score (nSPS) is 13.0. The van der Waals surface area contributed by atoms with E-state index in [2.05, 4.69) is 108 Å². The summed E-state index contributed by atoms with van der Waals surface area (Å²) in [4.78, 5) is 3.85. The fourth-order valence-electron chi connectivity index (χ4n) is 4.58. The molecule has 0 radical (unpaired) electrons. The van der Waals surface area contributed by atoms with Crippen LogP contribution in [0.2, 0.25) is 0 Å². The van der Waals surface area contributed by atoms with Gasteiger partial charge in [-0.1, -0.05) is 69.7 Å². The third-order valence-corrected chi connectivity index (χ3v) is 8.27. The Morgan fingerprint density at radius 3 is 2.22 bits per heavy atom. The molecule has 1 nitrogen and oxygen atoms in total. The summed E-state index contributed by atoms with van der Waals surface area (Å²) in [6.45, 7) is 18.3. The van der Waals surface area contributed by atoms with Crippen molar-refractivity contribution in [3.05, 3.63) is 91.7 Å². The van der Waals surface area contributed by atoms with Crippen molar-refractivity contribution in [3.63, 3.8) is 0 Å². The number of hydrogen-bond acceptors (Lipinski definition) is 2. The molecule has 0 unspecified atom stereocenters. The number of aryl methyl sites for hydroxylation is 3. The SMILES string of the molecule is CCN(C)C[C@H](C)Cc1cc(C)c(Cc2csc(C(C)(C)c3ccc(C)cc3)c2)cc1C. The molecule has 0 aliphatic heterocycles. The van der Waals surface area contributed by atoms with Crippen LogP contribution in [0.25, 0.3) is 0 Å². The van der Waals surface area contributed by atoms with Gasteiger partial charge in [-0.2, -0.15) is 0 Å². The lowest BCUT2D eigenvalue weighted by Crippen LogP contribution is -2.25. The van der Waals surface area contributed by atoms with Gasteiger partial charge in [0.15, 0.2) is 0 Å². The van der Waals surface area contributed by atoms with Crippen LogP contribution in [0.5, 0.6) is 0 Å². The quantitative estimate of drug-likeness (QED) is 0.324. The second-order valence-corrected chi connectivity index (χ2v) is 11.3. The molecule has 1 atom stereocenters. The Balaban J connectivity index is 1.75. The van der Waals surface area contributed by atoms with E-state index in [-0.39, 0.29) is 5.41 Å². The van der Waals surface area contributed by atoms with Crippen LogP contribution in [0, 0.1) is 26.7 Å². The maximum atomic E-state index is 2.44. The fraction of sp³-hybridized carbons (Fsp3) is 0.467. The first-order valence-electron chi connectivity index (χ1n) is 12.0. The van der Waals surface area contributed by atoms with E-state index in [4.69, 9.17) is 0 Å². The summed E-state index contributed by atoms with van der Waals surface area (Å²) in [5, 5.41) is 2.36. The number of thiophene rings is 1. The van der Waals surface area contributed by atoms with Crippen LogP contribution in [0.3, 0.4) is 0 Å². The molecule has 0 fully saturated rings. The number of hydrogen-bond donors (Lipinski definition) is 0. The molecular weight excluding hydrogens is 406 g/mol. The van der Waals surface area contributed by atoms with Crippen molar-refractivity contribution in [1.29, 1.82) is 0 Å². The second-order valence-electron chi connectivity index (χ2n) is 10.4. The molecule has 0 saturated heterocycles. The highest BCUT2D eigenvalue weighted by Crippen LogP contribution is 2.36. The van der Waals surface area contributed by atoms with Gasteiger partial charge in [0.25, 0.3) is 0 Å². The third kappa shape index (κ3) is 5.91. The van der Waals surface area contributed by atoms with Crippen LogP contribution in [-0.2, 0) is 18.3 Å². The van der Waals surface area contributed by atoms with Gasteiger partial charge in [0.1, 0.15) is 0 Å². The molecule has 2 heteroatoms. The van der Waals surface area contributed by atoms with E-state index in [0.717, 1.165) is 25.9 Å². The first-order chi connectivity index (χ1) is 15.1. The predicted molar refractivity (Wildman–Crippen MR) is 142 cm³/mol. The van der Waals surface area contributed by atoms with E-state index in [1.807, 2.05) is 11.3 Å². The molecule has 0 N–H and O–H groups in total. The Bertz CT molecular complexity index is 1030. The van der Waals surface area contributed by atoms with Gasteiger partial charge in [0, 0.05) is 16.8 Å². The van der Waals surface area contributed by atoms with Crippen LogP contribution in [0.1, 0.15) is 71.5 Å². The van der Waals surface area contributed by atoms with Crippen LogP contribution >= 0.6 is 11.3 Å². The second kappa shape index (κ2) is 10.4. The molecule has 3 rings (SSSR count). The number of nitrogens with zero attached hydrogens (tertiary/aromatic N) is 1. The van der Waals surface area contributed by atoms with Crippen LogP contribution in [-0.4, -0.2) is 25.0 Å². The molecule has 0 amide bonds. The summed E-state index contributed by atoms with van der Waals surface area (Å²) < 4.78 is 0. The molecule has 0 aliphatic rings. The average molecular weight is 448 g/mol. The number of rotatable bonds is 9. The Labute approximate surface area is 200 Å². The van der Waals surface area contributed by atoms with Crippen molar-refractivity contribution in [2.45, 2.75) is 66.7 Å². The first kappa shape index (κ1) is 24.7. The van der Waals surface area contributed by atoms with Gasteiger partial charge in [0.2, 0.25) is 0 Å². The topological polar surface area (TPSA) is 3.24 Å². The summed E-state index contributed by atoms with van der Waals surface area (Å²) >= 11 is 1.90. The number of benzene rings is 2. The van der Waals surface area contributed by atoms with E-state index in [0.29, 0.717) is 5.92 Å². The Hall–Kier alpha value is -1.90. The van der Waals surface area contributed by atoms with Crippen LogP contribution in [0.15, 0.2) is 47.8 Å². The standard InChI is InChI=1S/C30H41NS/c1-9-31(8)19-22(3)14-26-15-24(5)27(16-23(26)4)17-25-18-29(32-20-25)30(6,7)28-12-10-21(2)11-13-28/h10-13,15-16,18,20,22H,9,14,17,19H2,1-8H3/t22-/m1/s1. The molecule has 32 heavy (non-hydrogen) atoms. The van der Waals surface area contributed by atoms with Crippen molar-refractivity contribution < 1.29 is 0 Å². The minimum atomic E-state index is 0.0349. The highest BCUT2D eigenvalue weighted by molar-refractivity contribution is 7.10. The summed E-state index contributed by atoms with van der Waals surface area (Å²) in [5.74, 6) is 0.673. The molecule has 0 spiro atoms. The molecule has 1 heterocycles. The summed E-state index contributed by atoms with van der Waals surface area (Å²) in [7, 11) is 2.22. The lowest BCUT2D eigenvalue weighted by Gasteiger charge is -2.24. The summed E-state index contributed by atoms with van der Waals surface area (Å²) in [6.07, 6.45) is 2.17. The zero-order chi connectivity index (χ0) is 23.5. The van der Waals surface area contributed by atoms with E-state index in [1.165, 1.54) is 43.8 Å². The van der Waals surface area contributed by atoms with Crippen molar-refractivity contribution in [2.24, 2.45) is 5.92 Å². The van der Waals surface area contributed by atoms with E-state index in [9.17, 15) is 0 Å². The minimum Gasteiger partial charge on any atom is -0.306 e. The highest BCUT2D eigenvalue weighted by atomic mass is 32.1. The Morgan fingerprint density at radius 2 is 1.56 bits per heavy atom. The van der Waals surface area contributed by atoms with Gasteiger partial charge in [-0.3, -0.25) is 0 Å². The molecule has 0 saturated carbocycles. The minimum absolute atomic E-state index is 0.0349. The maximum Gasteiger partial charge on any atom is 0.0240 e. The summed E-state index contributed by atoms with van der Waals surface area (Å²) in [6, 6.07) is 16.3. The highest BCUT2D eigenvalue weighted by Gasteiger charge is 2.25. The molecule has 3 aromatic rings. The first-order valence-corrected chi connectivity index (χ1v) is 12.9. The van der Waals surface area contributed by atoms with Gasteiger partial charge in [-0.25, -0.2) is 0 Å². The zero-order valence-electron chi connectivity index (χ0n) is 21.4. The van der Waals surface area contributed by atoms with Gasteiger partial charge in [-0.15, -0.1) is 11.3 Å². The van der Waals surface area contributed by atoms with Crippen molar-refractivity contribution in [2.75, 3.05) is 20.1 Å². The van der Waals surface area contributed by atoms with Crippen molar-refractivity contribution in [3.8, 4) is 0 Å². The zero-order valence-corrected chi connectivity index (χ0v) is 22.2. The van der Waals surface area contributed by atoms with E-state index < -0.39 is 0 Å². The van der Waals surface area contributed by atoms with Gasteiger partial charge in [-0.05, 0) is 98.0 Å². The molecule has 2 aromatic carbocycles. The molecule has 172 valence electrons. The van der Waals surface area contributed by atoms with Crippen LogP contribution in [0.4, 0.5) is 0 Å². The predicted octanol–water partition coefficient (Wildman–Crippen LogP) is 7.72. The summed E-state index contributed by atoms with van der Waals surface area (Å²) in [5.41, 5.74) is 10.00. The fourth-order valence-corrected chi connectivity index (χ4v) is 5.64. The largest absolute Gasteiger partial charge is 0.306 e. The molecule has 0 aliphatic carbocycles. The van der Waals surface area contributed by atoms with Crippen LogP contribution < -0.4 is 0 Å². The van der Waals surface area contributed by atoms with Gasteiger partial charge < -0.3 is 4.90 Å². The third-order valence-electron chi connectivity index (χ3n) is 6.96. The van der Waals surface area contributed by atoms with Crippen molar-refractivity contribution >= 4 is 11.3 Å². The van der Waals surface area contributed by atoms with Gasteiger partial charge >= 0.3 is 0 Å².